The fourth-order valence-corrected chi connectivity index (χ4v) is 3.65. The number of hydrogen-bond acceptors (Lipinski definition) is 2. The van der Waals surface area contributed by atoms with Crippen LogP contribution in [0.3, 0.4) is 0 Å². The molecule has 3 nitrogen and oxygen atoms in total. The quantitative estimate of drug-likeness (QED) is 0.839. The van der Waals surface area contributed by atoms with E-state index in [4.69, 9.17) is 28.9 Å². The molecule has 134 valence electrons. The van der Waals surface area contributed by atoms with E-state index in [1.165, 1.54) is 5.56 Å². The zero-order chi connectivity index (χ0) is 17.1. The van der Waals surface area contributed by atoms with Crippen molar-refractivity contribution < 1.29 is 4.79 Å². The minimum Gasteiger partial charge on any atom is -0.341 e. The van der Waals surface area contributed by atoms with Crippen LogP contribution in [0.1, 0.15) is 17.0 Å². The van der Waals surface area contributed by atoms with Crippen LogP contribution >= 0.6 is 35.6 Å². The second kappa shape index (κ2) is 8.91. The Balaban J connectivity index is 0.00000225. The second-order valence-corrected chi connectivity index (χ2v) is 7.05. The summed E-state index contributed by atoms with van der Waals surface area (Å²) in [7, 11) is 0. The van der Waals surface area contributed by atoms with Gasteiger partial charge in [0.25, 0.3) is 0 Å². The van der Waals surface area contributed by atoms with E-state index in [0.29, 0.717) is 47.9 Å². The normalized spacial score (nSPS) is 19.6. The van der Waals surface area contributed by atoms with Crippen LogP contribution in [0.25, 0.3) is 0 Å². The summed E-state index contributed by atoms with van der Waals surface area (Å²) in [6.45, 7) is 2.00. The summed E-state index contributed by atoms with van der Waals surface area (Å²) in [5, 5.41) is 0.978. The Labute approximate surface area is 164 Å². The average molecular weight is 400 g/mol. The molecule has 1 heterocycles. The third-order valence-corrected chi connectivity index (χ3v) is 5.40. The van der Waals surface area contributed by atoms with Crippen molar-refractivity contribution >= 4 is 41.5 Å². The molecule has 25 heavy (non-hydrogen) atoms. The van der Waals surface area contributed by atoms with Gasteiger partial charge in [-0.25, -0.2) is 0 Å². The van der Waals surface area contributed by atoms with E-state index >= 15 is 0 Å². The van der Waals surface area contributed by atoms with E-state index in [1.54, 1.807) is 12.1 Å². The lowest BCUT2D eigenvalue weighted by atomic mass is 9.89. The first-order valence-electron chi connectivity index (χ1n) is 8.05. The van der Waals surface area contributed by atoms with Crippen molar-refractivity contribution in [3.05, 3.63) is 69.7 Å². The zero-order valence-electron chi connectivity index (χ0n) is 13.7. The molecule has 3 rings (SSSR count). The Kier molecular flexibility index (Phi) is 7.14. The first kappa shape index (κ1) is 20.1. The molecular formula is C19H21Cl3N2O. The van der Waals surface area contributed by atoms with Gasteiger partial charge >= 0.3 is 0 Å². The highest BCUT2D eigenvalue weighted by molar-refractivity contribution is 6.42. The summed E-state index contributed by atoms with van der Waals surface area (Å²) >= 11 is 12.0. The number of hydrogen-bond donors (Lipinski definition) is 1. The summed E-state index contributed by atoms with van der Waals surface area (Å²) in [5.41, 5.74) is 8.07. The van der Waals surface area contributed by atoms with Crippen LogP contribution in [-0.4, -0.2) is 30.4 Å². The van der Waals surface area contributed by atoms with Crippen LogP contribution in [0.4, 0.5) is 0 Å². The second-order valence-electron chi connectivity index (χ2n) is 6.24. The number of nitrogens with zero attached hydrogens (tertiary/aromatic N) is 1. The minimum atomic E-state index is 0. The van der Waals surface area contributed by atoms with Gasteiger partial charge < -0.3 is 10.6 Å². The predicted molar refractivity (Wildman–Crippen MR) is 106 cm³/mol. The van der Waals surface area contributed by atoms with Gasteiger partial charge in [0, 0.05) is 19.0 Å². The van der Waals surface area contributed by atoms with Crippen molar-refractivity contribution in [2.24, 2.45) is 11.7 Å². The van der Waals surface area contributed by atoms with E-state index in [2.05, 4.69) is 12.1 Å². The first-order valence-corrected chi connectivity index (χ1v) is 8.80. The molecule has 0 aliphatic carbocycles. The Morgan fingerprint density at radius 3 is 2.44 bits per heavy atom. The minimum absolute atomic E-state index is 0. The molecule has 0 unspecified atom stereocenters. The summed E-state index contributed by atoms with van der Waals surface area (Å²) in [4.78, 5) is 14.6. The monoisotopic (exact) mass is 398 g/mol. The van der Waals surface area contributed by atoms with Crippen LogP contribution in [0.15, 0.2) is 48.5 Å². The molecule has 0 spiro atoms. The third-order valence-electron chi connectivity index (χ3n) is 4.66. The molecule has 1 amide bonds. The molecule has 0 saturated carbocycles. The molecule has 1 saturated heterocycles. The number of rotatable bonds is 4. The molecule has 2 atom stereocenters. The fraction of sp³-hybridized carbons (Fsp3) is 0.316. The third kappa shape index (κ3) is 4.68. The molecular weight excluding hydrogens is 379 g/mol. The van der Waals surface area contributed by atoms with Gasteiger partial charge in [0.2, 0.25) is 5.91 Å². The molecule has 2 aromatic carbocycles. The summed E-state index contributed by atoms with van der Waals surface area (Å²) in [6.07, 6.45) is 0.329. The lowest BCUT2D eigenvalue weighted by Gasteiger charge is -2.17. The Morgan fingerprint density at radius 2 is 1.80 bits per heavy atom. The van der Waals surface area contributed by atoms with Crippen molar-refractivity contribution in [2.45, 2.75) is 12.3 Å². The van der Waals surface area contributed by atoms with Gasteiger partial charge in [0.15, 0.2) is 0 Å². The largest absolute Gasteiger partial charge is 0.341 e. The van der Waals surface area contributed by atoms with Crippen molar-refractivity contribution in [2.75, 3.05) is 19.6 Å². The lowest BCUT2D eigenvalue weighted by molar-refractivity contribution is -0.129. The van der Waals surface area contributed by atoms with Crippen LogP contribution in [0, 0.1) is 5.92 Å². The van der Waals surface area contributed by atoms with Crippen molar-refractivity contribution in [3.63, 3.8) is 0 Å². The van der Waals surface area contributed by atoms with Gasteiger partial charge in [-0.3, -0.25) is 4.79 Å². The first-order chi connectivity index (χ1) is 11.6. The Morgan fingerprint density at radius 1 is 1.08 bits per heavy atom. The number of carbonyl (C=O) groups is 1. The van der Waals surface area contributed by atoms with Crippen molar-refractivity contribution in [3.8, 4) is 0 Å². The maximum atomic E-state index is 12.7. The summed E-state index contributed by atoms with van der Waals surface area (Å²) in [6, 6.07) is 15.6. The van der Waals surface area contributed by atoms with Gasteiger partial charge in [-0.15, -0.1) is 12.4 Å². The molecule has 2 aromatic rings. The van der Waals surface area contributed by atoms with Gasteiger partial charge in [-0.2, -0.15) is 0 Å². The predicted octanol–water partition coefficient (Wildman–Crippen LogP) is 4.16. The van der Waals surface area contributed by atoms with Gasteiger partial charge in [-0.05, 0) is 35.7 Å². The standard InChI is InChI=1S/C19H20Cl2N2O.ClH/c20-17-7-6-13(8-18(17)21)9-19(24)23-11-15(10-22)16(12-23)14-4-2-1-3-5-14;/h1-8,15-16H,9-12,22H2;1H/t15-,16+;/m1./s1. The number of carbonyl (C=O) groups excluding carboxylic acids is 1. The number of halogens is 3. The SMILES string of the molecule is Cl.NC[C@@H]1CN(C(=O)Cc2ccc(Cl)c(Cl)c2)C[C@H]1c1ccccc1. The Hall–Kier alpha value is -1.26. The highest BCUT2D eigenvalue weighted by Gasteiger charge is 2.35. The molecule has 1 fully saturated rings. The van der Waals surface area contributed by atoms with Crippen LogP contribution in [0.2, 0.25) is 10.0 Å². The molecule has 0 radical (unpaired) electrons. The molecule has 1 aliphatic heterocycles. The van der Waals surface area contributed by atoms with E-state index in [1.807, 2.05) is 29.2 Å². The highest BCUT2D eigenvalue weighted by Crippen LogP contribution is 2.32. The number of nitrogens with two attached hydrogens (primary N) is 1. The molecule has 0 aromatic heterocycles. The summed E-state index contributed by atoms with van der Waals surface area (Å²) in [5.74, 6) is 0.699. The highest BCUT2D eigenvalue weighted by atomic mass is 35.5. The van der Waals surface area contributed by atoms with Crippen LogP contribution in [-0.2, 0) is 11.2 Å². The number of amides is 1. The zero-order valence-corrected chi connectivity index (χ0v) is 16.0. The topological polar surface area (TPSA) is 46.3 Å². The summed E-state index contributed by atoms with van der Waals surface area (Å²) < 4.78 is 0. The van der Waals surface area contributed by atoms with Crippen LogP contribution < -0.4 is 5.73 Å². The van der Waals surface area contributed by atoms with E-state index < -0.39 is 0 Å². The van der Waals surface area contributed by atoms with E-state index in [9.17, 15) is 4.79 Å². The lowest BCUT2D eigenvalue weighted by Crippen LogP contribution is -2.31. The van der Waals surface area contributed by atoms with Gasteiger partial charge in [-0.1, -0.05) is 59.6 Å². The smallest absolute Gasteiger partial charge is 0.227 e. The average Bonchev–Trinajstić information content (AvgIpc) is 3.03. The molecule has 6 heteroatoms. The van der Waals surface area contributed by atoms with E-state index in [-0.39, 0.29) is 18.3 Å². The van der Waals surface area contributed by atoms with E-state index in [0.717, 1.165) is 5.56 Å². The molecule has 2 N–H and O–H groups in total. The fourth-order valence-electron chi connectivity index (χ4n) is 3.33. The van der Waals surface area contributed by atoms with Crippen molar-refractivity contribution in [1.29, 1.82) is 0 Å². The van der Waals surface area contributed by atoms with Gasteiger partial charge in [0.05, 0.1) is 16.5 Å². The molecule has 0 bridgehead atoms. The number of benzene rings is 2. The maximum Gasteiger partial charge on any atom is 0.227 e. The van der Waals surface area contributed by atoms with Crippen molar-refractivity contribution in [1.82, 2.24) is 4.90 Å². The number of likely N-dealkylation sites (tertiary alicyclic amines) is 1. The molecule has 1 aliphatic rings. The maximum absolute atomic E-state index is 12.7. The van der Waals surface area contributed by atoms with Crippen LogP contribution in [0.5, 0.6) is 0 Å². The van der Waals surface area contributed by atoms with Gasteiger partial charge in [0.1, 0.15) is 0 Å². The Bertz CT molecular complexity index is 724.